The minimum Gasteiger partial charge on any atom is -0.619 e. The van der Waals surface area contributed by atoms with Crippen molar-refractivity contribution >= 4 is 29.5 Å². The molecule has 0 aromatic carbocycles. The molecule has 0 unspecified atom stereocenters. The van der Waals surface area contributed by atoms with E-state index in [1.165, 1.54) is 24.5 Å². The Balaban J connectivity index is 2.08. The predicted molar refractivity (Wildman–Crippen MR) is 189 cm³/mol. The highest BCUT2D eigenvalue weighted by Gasteiger charge is 2.33. The predicted octanol–water partition coefficient (Wildman–Crippen LogP) is 2.46. The normalized spacial score (nSPS) is 17.1. The molecular formula is C36H61N7O6. The van der Waals surface area contributed by atoms with E-state index in [1.54, 1.807) is 6.92 Å². The molecule has 1 aromatic rings. The van der Waals surface area contributed by atoms with Gasteiger partial charge in [0.25, 0.3) is 5.91 Å². The lowest BCUT2D eigenvalue weighted by atomic mass is 9.83. The van der Waals surface area contributed by atoms with Gasteiger partial charge in [-0.15, -0.1) is 0 Å². The number of carbonyl (C=O) groups is 5. The molecular weight excluding hydrogens is 626 g/mol. The van der Waals surface area contributed by atoms with Crippen molar-refractivity contribution in [1.82, 2.24) is 31.9 Å². The molecule has 2 rings (SSSR count). The Labute approximate surface area is 292 Å². The van der Waals surface area contributed by atoms with E-state index in [0.717, 1.165) is 32.1 Å². The number of rotatable bonds is 20. The van der Waals surface area contributed by atoms with Crippen molar-refractivity contribution in [2.75, 3.05) is 13.1 Å². The van der Waals surface area contributed by atoms with Gasteiger partial charge in [-0.05, 0) is 57.3 Å². The van der Waals surface area contributed by atoms with E-state index in [4.69, 9.17) is 0 Å². The molecule has 0 bridgehead atoms. The zero-order chi connectivity index (χ0) is 36.5. The fourth-order valence-electron chi connectivity index (χ4n) is 6.21. The molecule has 1 fully saturated rings. The summed E-state index contributed by atoms with van der Waals surface area (Å²) in [5.41, 5.74) is 0.247. The standard InChI is InChI=1S/C36H61N7O6/c1-8-14-29(40-36(48)30(24(6)9-2)41-33(45)27-17-19-43(49)20-18-27)34(46)39-28(21-23(4)5)22-38-25(7)32(44)42-31(35(47)37-10-3)26-15-12-11-13-16-26/h17-20,23-26,28-31,38H,8-16,21-22H2,1-7H3,(H,37,47)(H,39,46)(H,40,48)(H,41,45)(H,42,44)/t24-,25-,28-,29-,30-,31-/m0/s1. The first-order valence-corrected chi connectivity index (χ1v) is 18.2. The molecule has 13 nitrogen and oxygen atoms in total. The number of pyridine rings is 1. The van der Waals surface area contributed by atoms with Crippen molar-refractivity contribution in [2.45, 2.75) is 136 Å². The molecule has 13 heteroatoms. The fourth-order valence-corrected chi connectivity index (χ4v) is 6.21. The lowest BCUT2D eigenvalue weighted by molar-refractivity contribution is -0.605. The van der Waals surface area contributed by atoms with Crippen LogP contribution in [0.1, 0.15) is 117 Å². The van der Waals surface area contributed by atoms with E-state index in [9.17, 15) is 29.2 Å². The van der Waals surface area contributed by atoms with E-state index < -0.39 is 36.0 Å². The van der Waals surface area contributed by atoms with Crippen LogP contribution < -0.4 is 36.6 Å². The fraction of sp³-hybridized carbons (Fsp3) is 0.722. The maximum Gasteiger partial charge on any atom is 0.252 e. The van der Waals surface area contributed by atoms with Crippen molar-refractivity contribution in [3.8, 4) is 0 Å². The number of hydrogen-bond acceptors (Lipinski definition) is 7. The third-order valence-electron chi connectivity index (χ3n) is 9.28. The van der Waals surface area contributed by atoms with E-state index in [-0.39, 0.29) is 47.1 Å². The summed E-state index contributed by atoms with van der Waals surface area (Å²) in [6.45, 7) is 14.2. The largest absolute Gasteiger partial charge is 0.619 e. The van der Waals surface area contributed by atoms with E-state index in [2.05, 4.69) is 31.9 Å². The summed E-state index contributed by atoms with van der Waals surface area (Å²) >= 11 is 0. The molecule has 1 aromatic heterocycles. The van der Waals surface area contributed by atoms with Crippen LogP contribution in [0.25, 0.3) is 0 Å². The van der Waals surface area contributed by atoms with Crippen LogP contribution in [0.3, 0.4) is 0 Å². The van der Waals surface area contributed by atoms with Gasteiger partial charge < -0.3 is 37.1 Å². The second kappa shape index (κ2) is 21.4. The van der Waals surface area contributed by atoms with E-state index >= 15 is 0 Å². The highest BCUT2D eigenvalue weighted by molar-refractivity contribution is 5.98. The molecule has 1 saturated carbocycles. The average Bonchev–Trinajstić information content (AvgIpc) is 3.07. The minimum absolute atomic E-state index is 0.104. The number of amides is 5. The average molecular weight is 688 g/mol. The van der Waals surface area contributed by atoms with Crippen LogP contribution in [0.15, 0.2) is 24.5 Å². The van der Waals surface area contributed by atoms with Crippen LogP contribution in [0.2, 0.25) is 0 Å². The molecule has 276 valence electrons. The van der Waals surface area contributed by atoms with Gasteiger partial charge in [-0.25, -0.2) is 0 Å². The Morgan fingerprint density at radius 2 is 1.49 bits per heavy atom. The first-order valence-electron chi connectivity index (χ1n) is 18.2. The van der Waals surface area contributed by atoms with Crippen molar-refractivity contribution in [2.24, 2.45) is 17.8 Å². The van der Waals surface area contributed by atoms with Crippen LogP contribution in [0.4, 0.5) is 0 Å². The number of nitrogens with zero attached hydrogens (tertiary/aromatic N) is 1. The Morgan fingerprint density at radius 3 is 2.06 bits per heavy atom. The number of likely N-dealkylation sites (N-methyl/N-ethyl adjacent to an activating group) is 1. The van der Waals surface area contributed by atoms with Crippen molar-refractivity contribution < 1.29 is 28.7 Å². The van der Waals surface area contributed by atoms with Gasteiger partial charge in [-0.2, -0.15) is 4.73 Å². The zero-order valence-corrected chi connectivity index (χ0v) is 30.6. The van der Waals surface area contributed by atoms with Gasteiger partial charge in [0.1, 0.15) is 18.1 Å². The first-order chi connectivity index (χ1) is 23.3. The second-order valence-corrected chi connectivity index (χ2v) is 13.9. The molecule has 5 amide bonds. The molecule has 1 aliphatic rings. The third kappa shape index (κ3) is 14.0. The van der Waals surface area contributed by atoms with Crippen LogP contribution in [-0.2, 0) is 19.2 Å². The number of carbonyl (C=O) groups excluding carboxylic acids is 5. The van der Waals surface area contributed by atoms with Gasteiger partial charge in [0.2, 0.25) is 23.6 Å². The molecule has 1 aliphatic carbocycles. The van der Waals surface area contributed by atoms with E-state index in [0.29, 0.717) is 43.5 Å². The number of hydrogen-bond donors (Lipinski definition) is 6. The smallest absolute Gasteiger partial charge is 0.252 e. The summed E-state index contributed by atoms with van der Waals surface area (Å²) in [4.78, 5) is 66.3. The summed E-state index contributed by atoms with van der Waals surface area (Å²) in [7, 11) is 0. The Bertz CT molecular complexity index is 1200. The monoisotopic (exact) mass is 687 g/mol. The maximum absolute atomic E-state index is 13.6. The highest BCUT2D eigenvalue weighted by Crippen LogP contribution is 2.26. The second-order valence-electron chi connectivity index (χ2n) is 13.9. The summed E-state index contributed by atoms with van der Waals surface area (Å²) in [5, 5.41) is 29.2. The van der Waals surface area contributed by atoms with Crippen LogP contribution in [-0.4, -0.2) is 72.8 Å². The van der Waals surface area contributed by atoms with Crippen molar-refractivity contribution in [3.63, 3.8) is 0 Å². The van der Waals surface area contributed by atoms with Gasteiger partial charge in [0.05, 0.1) is 11.6 Å². The molecule has 49 heavy (non-hydrogen) atoms. The van der Waals surface area contributed by atoms with Gasteiger partial charge >= 0.3 is 0 Å². The van der Waals surface area contributed by atoms with E-state index in [1.807, 2.05) is 41.5 Å². The summed E-state index contributed by atoms with van der Waals surface area (Å²) in [6.07, 6.45) is 9.74. The molecule has 6 N–H and O–H groups in total. The first kappa shape index (κ1) is 41.4. The zero-order valence-electron chi connectivity index (χ0n) is 30.6. The Morgan fingerprint density at radius 1 is 0.837 bits per heavy atom. The number of aromatic nitrogens is 1. The topological polar surface area (TPSA) is 184 Å². The Kier molecular flexibility index (Phi) is 18.1. The third-order valence-corrected chi connectivity index (χ3v) is 9.28. The van der Waals surface area contributed by atoms with Gasteiger partial charge in [-0.1, -0.05) is 66.7 Å². The quantitative estimate of drug-likeness (QED) is 0.0899. The summed E-state index contributed by atoms with van der Waals surface area (Å²) in [6, 6.07) is -0.484. The van der Waals surface area contributed by atoms with Gasteiger partial charge in [0.15, 0.2) is 12.4 Å². The number of nitrogens with one attached hydrogen (secondary N) is 6. The molecule has 1 heterocycles. The van der Waals surface area contributed by atoms with Crippen LogP contribution in [0.5, 0.6) is 0 Å². The summed E-state index contributed by atoms with van der Waals surface area (Å²) < 4.78 is 0.572. The van der Waals surface area contributed by atoms with Crippen LogP contribution >= 0.6 is 0 Å². The molecule has 0 radical (unpaired) electrons. The SMILES string of the molecule is CCC[C@H](NC(=O)[C@@H](NC(=O)c1cc[n+]([O-])cc1)[C@@H](C)CC)C(=O)N[C@H](CN[C@@H](C)C(=O)N[C@H](C(=O)NCC)C1CCCCC1)CC(C)C. The lowest BCUT2D eigenvalue weighted by Gasteiger charge is -2.31. The summed E-state index contributed by atoms with van der Waals surface area (Å²) in [5.74, 6) is -1.60. The van der Waals surface area contributed by atoms with Gasteiger partial charge in [0, 0.05) is 31.3 Å². The van der Waals surface area contributed by atoms with Crippen LogP contribution in [0, 0.1) is 23.0 Å². The highest BCUT2D eigenvalue weighted by atomic mass is 16.5. The molecule has 6 atom stereocenters. The maximum atomic E-state index is 13.6. The van der Waals surface area contributed by atoms with Crippen molar-refractivity contribution in [3.05, 3.63) is 35.3 Å². The lowest BCUT2D eigenvalue weighted by Crippen LogP contribution is -2.58. The Hall–Kier alpha value is -3.74. The van der Waals surface area contributed by atoms with Crippen molar-refractivity contribution in [1.29, 1.82) is 0 Å². The minimum atomic E-state index is -0.895. The molecule has 0 spiro atoms. The van der Waals surface area contributed by atoms with Gasteiger partial charge in [-0.3, -0.25) is 24.0 Å². The molecule has 0 saturated heterocycles. The molecule has 0 aliphatic heterocycles.